The van der Waals surface area contributed by atoms with E-state index in [1.165, 1.54) is 6.33 Å². The molecule has 4 rings (SSSR count). The number of rotatable bonds is 4. The zero-order valence-corrected chi connectivity index (χ0v) is 13.8. The van der Waals surface area contributed by atoms with E-state index in [-0.39, 0.29) is 11.8 Å². The van der Waals surface area contributed by atoms with Crippen LogP contribution in [0.25, 0.3) is 5.82 Å². The SMILES string of the molecule is Cc1ccccc1NC(=O)C1CN(c2cc(-n3cccn3)ncn2)C1. The van der Waals surface area contributed by atoms with Crippen LogP contribution in [0.15, 0.2) is 55.1 Å². The van der Waals surface area contributed by atoms with Gasteiger partial charge in [0.1, 0.15) is 12.1 Å². The van der Waals surface area contributed by atoms with Gasteiger partial charge in [-0.1, -0.05) is 18.2 Å². The van der Waals surface area contributed by atoms with E-state index in [0.717, 1.165) is 17.1 Å². The van der Waals surface area contributed by atoms with Crippen LogP contribution in [-0.2, 0) is 4.79 Å². The number of aryl methyl sites for hydroxylation is 1. The fourth-order valence-electron chi connectivity index (χ4n) is 2.82. The van der Waals surface area contributed by atoms with Gasteiger partial charge in [0.25, 0.3) is 0 Å². The van der Waals surface area contributed by atoms with Gasteiger partial charge in [-0.15, -0.1) is 0 Å². The zero-order valence-electron chi connectivity index (χ0n) is 13.8. The molecule has 0 atom stereocenters. The second-order valence-corrected chi connectivity index (χ2v) is 6.09. The van der Waals surface area contributed by atoms with Gasteiger partial charge >= 0.3 is 0 Å². The Labute approximate surface area is 145 Å². The standard InChI is InChI=1S/C18H18N6O/c1-13-5-2-3-6-15(13)22-18(25)14-10-23(11-14)16-9-17(20-12-19-16)24-8-4-7-21-24/h2-9,12,14H,10-11H2,1H3,(H,22,25). The monoisotopic (exact) mass is 334 g/mol. The summed E-state index contributed by atoms with van der Waals surface area (Å²) in [6, 6.07) is 11.5. The van der Waals surface area contributed by atoms with Crippen molar-refractivity contribution < 1.29 is 4.79 Å². The molecule has 0 bridgehead atoms. The summed E-state index contributed by atoms with van der Waals surface area (Å²) in [4.78, 5) is 23.0. The third kappa shape index (κ3) is 3.08. The fourth-order valence-corrected chi connectivity index (χ4v) is 2.82. The van der Waals surface area contributed by atoms with Crippen molar-refractivity contribution in [3.63, 3.8) is 0 Å². The highest BCUT2D eigenvalue weighted by atomic mass is 16.2. The van der Waals surface area contributed by atoms with Crippen molar-refractivity contribution in [2.45, 2.75) is 6.92 Å². The Balaban J connectivity index is 1.40. The van der Waals surface area contributed by atoms with Gasteiger partial charge in [-0.3, -0.25) is 4.79 Å². The number of amides is 1. The van der Waals surface area contributed by atoms with E-state index in [0.29, 0.717) is 18.9 Å². The molecule has 0 unspecified atom stereocenters. The molecule has 1 aliphatic heterocycles. The maximum absolute atomic E-state index is 12.4. The molecule has 7 nitrogen and oxygen atoms in total. The van der Waals surface area contributed by atoms with Crippen molar-refractivity contribution in [1.29, 1.82) is 0 Å². The Bertz CT molecular complexity index is 886. The maximum Gasteiger partial charge on any atom is 0.231 e. The first-order chi connectivity index (χ1) is 12.2. The lowest BCUT2D eigenvalue weighted by Gasteiger charge is -2.39. The van der Waals surface area contributed by atoms with E-state index in [1.54, 1.807) is 10.9 Å². The Morgan fingerprint density at radius 3 is 2.72 bits per heavy atom. The number of carbonyl (C=O) groups excluding carboxylic acids is 1. The average Bonchev–Trinajstić information content (AvgIpc) is 3.10. The summed E-state index contributed by atoms with van der Waals surface area (Å²) in [6.07, 6.45) is 5.06. The van der Waals surface area contributed by atoms with Gasteiger partial charge in [0, 0.05) is 37.2 Å². The molecule has 2 aromatic heterocycles. The molecule has 7 heteroatoms. The molecule has 1 N–H and O–H groups in total. The van der Waals surface area contributed by atoms with Crippen molar-refractivity contribution >= 4 is 17.4 Å². The predicted molar refractivity (Wildman–Crippen MR) is 94.7 cm³/mol. The molecule has 0 aliphatic carbocycles. The van der Waals surface area contributed by atoms with Gasteiger partial charge in [0.15, 0.2) is 5.82 Å². The molecule has 1 aliphatic rings. The quantitative estimate of drug-likeness (QED) is 0.790. The molecule has 1 saturated heterocycles. The number of carbonyl (C=O) groups is 1. The molecule has 126 valence electrons. The van der Waals surface area contributed by atoms with Crippen LogP contribution in [0.2, 0.25) is 0 Å². The number of nitrogens with zero attached hydrogens (tertiary/aromatic N) is 5. The number of nitrogens with one attached hydrogen (secondary N) is 1. The number of hydrogen-bond donors (Lipinski definition) is 1. The topological polar surface area (TPSA) is 75.9 Å². The molecule has 0 radical (unpaired) electrons. The summed E-state index contributed by atoms with van der Waals surface area (Å²) >= 11 is 0. The molecule has 0 saturated carbocycles. The summed E-state index contributed by atoms with van der Waals surface area (Å²) < 4.78 is 1.69. The number of hydrogen-bond acceptors (Lipinski definition) is 5. The Morgan fingerprint density at radius 1 is 1.16 bits per heavy atom. The average molecular weight is 334 g/mol. The van der Waals surface area contributed by atoms with E-state index in [4.69, 9.17) is 0 Å². The van der Waals surface area contributed by atoms with E-state index < -0.39 is 0 Å². The van der Waals surface area contributed by atoms with Crippen molar-refractivity contribution in [2.75, 3.05) is 23.3 Å². The van der Waals surface area contributed by atoms with Crippen molar-refractivity contribution in [1.82, 2.24) is 19.7 Å². The molecular formula is C18H18N6O. The molecular weight excluding hydrogens is 316 g/mol. The normalized spacial score (nSPS) is 14.2. The first-order valence-electron chi connectivity index (χ1n) is 8.14. The molecule has 1 fully saturated rings. The van der Waals surface area contributed by atoms with Crippen molar-refractivity contribution in [3.05, 3.63) is 60.7 Å². The Morgan fingerprint density at radius 2 is 1.96 bits per heavy atom. The highest BCUT2D eigenvalue weighted by Gasteiger charge is 2.33. The van der Waals surface area contributed by atoms with Gasteiger partial charge in [-0.05, 0) is 24.6 Å². The first kappa shape index (κ1) is 15.3. The first-order valence-corrected chi connectivity index (χ1v) is 8.14. The summed E-state index contributed by atoms with van der Waals surface area (Å²) in [7, 11) is 0. The van der Waals surface area contributed by atoms with Crippen LogP contribution in [0.1, 0.15) is 5.56 Å². The lowest BCUT2D eigenvalue weighted by atomic mass is 9.99. The molecule has 1 amide bonds. The Hall–Kier alpha value is -3.22. The van der Waals surface area contributed by atoms with Crippen LogP contribution in [0.4, 0.5) is 11.5 Å². The van der Waals surface area contributed by atoms with Crippen LogP contribution in [0.5, 0.6) is 0 Å². The minimum absolute atomic E-state index is 0.0391. The van der Waals surface area contributed by atoms with Gasteiger partial charge in [0.05, 0.1) is 5.92 Å². The molecule has 3 heterocycles. The lowest BCUT2D eigenvalue weighted by Crippen LogP contribution is -2.52. The van der Waals surface area contributed by atoms with E-state index >= 15 is 0 Å². The third-order valence-electron chi connectivity index (χ3n) is 4.36. The smallest absolute Gasteiger partial charge is 0.231 e. The molecule has 0 spiro atoms. The van der Waals surface area contributed by atoms with Gasteiger partial charge in [-0.2, -0.15) is 5.10 Å². The van der Waals surface area contributed by atoms with Gasteiger partial charge in [-0.25, -0.2) is 14.6 Å². The van der Waals surface area contributed by atoms with Crippen molar-refractivity contribution in [3.8, 4) is 5.82 Å². The van der Waals surface area contributed by atoms with Crippen LogP contribution < -0.4 is 10.2 Å². The zero-order chi connectivity index (χ0) is 17.2. The summed E-state index contributed by atoms with van der Waals surface area (Å²) in [6.45, 7) is 3.28. The molecule has 1 aromatic carbocycles. The minimum Gasteiger partial charge on any atom is -0.355 e. The predicted octanol–water partition coefficient (Wildman–Crippen LogP) is 2.05. The maximum atomic E-state index is 12.4. The summed E-state index contributed by atoms with van der Waals surface area (Å²) in [5, 5.41) is 7.18. The second-order valence-electron chi connectivity index (χ2n) is 6.09. The van der Waals surface area contributed by atoms with Crippen LogP contribution >= 0.6 is 0 Å². The minimum atomic E-state index is -0.0391. The van der Waals surface area contributed by atoms with Crippen LogP contribution in [0.3, 0.4) is 0 Å². The largest absolute Gasteiger partial charge is 0.355 e. The number of aromatic nitrogens is 4. The molecule has 3 aromatic rings. The lowest BCUT2D eigenvalue weighted by molar-refractivity contribution is -0.120. The summed E-state index contributed by atoms with van der Waals surface area (Å²) in [5.74, 6) is 1.53. The van der Waals surface area contributed by atoms with Crippen LogP contribution in [0, 0.1) is 12.8 Å². The number of para-hydroxylation sites is 1. The summed E-state index contributed by atoms with van der Waals surface area (Å²) in [5.41, 5.74) is 1.93. The number of anilines is 2. The third-order valence-corrected chi connectivity index (χ3v) is 4.36. The van der Waals surface area contributed by atoms with Crippen molar-refractivity contribution in [2.24, 2.45) is 5.92 Å². The fraction of sp³-hybridized carbons (Fsp3) is 0.222. The van der Waals surface area contributed by atoms with Crippen LogP contribution in [-0.4, -0.2) is 38.7 Å². The second kappa shape index (κ2) is 6.35. The highest BCUT2D eigenvalue weighted by molar-refractivity contribution is 5.95. The Kier molecular flexibility index (Phi) is 3.89. The number of benzene rings is 1. The van der Waals surface area contributed by atoms with Gasteiger partial charge in [0.2, 0.25) is 5.91 Å². The van der Waals surface area contributed by atoms with E-state index in [1.807, 2.05) is 49.5 Å². The van der Waals surface area contributed by atoms with E-state index in [2.05, 4.69) is 25.3 Å². The molecule has 25 heavy (non-hydrogen) atoms. The highest BCUT2D eigenvalue weighted by Crippen LogP contribution is 2.25. The van der Waals surface area contributed by atoms with Gasteiger partial charge < -0.3 is 10.2 Å². The van der Waals surface area contributed by atoms with E-state index in [9.17, 15) is 4.79 Å².